The van der Waals surface area contributed by atoms with Crippen LogP contribution in [0.3, 0.4) is 0 Å². The Morgan fingerprint density at radius 2 is 1.10 bits per heavy atom. The predicted octanol–water partition coefficient (Wildman–Crippen LogP) is 3.50. The Bertz CT molecular complexity index is 2580. The van der Waals surface area contributed by atoms with Gasteiger partial charge in [-0.1, -0.05) is 114 Å². The Balaban J connectivity index is 0.000000238. The number of benzene rings is 2. The van der Waals surface area contributed by atoms with Crippen molar-refractivity contribution in [3.05, 3.63) is 156 Å². The molecule has 0 bridgehead atoms. The van der Waals surface area contributed by atoms with Crippen LogP contribution in [0.2, 0.25) is 0 Å². The number of nitrogens with one attached hydrogen (secondary N) is 2. The van der Waals surface area contributed by atoms with E-state index in [1.807, 2.05) is 88.4 Å². The fourth-order valence-corrected chi connectivity index (χ4v) is 8.99. The molecule has 2 unspecified atom stereocenters. The van der Waals surface area contributed by atoms with Gasteiger partial charge in [0.1, 0.15) is 19.3 Å². The minimum Gasteiger partial charge on any atom is -0.548 e. The van der Waals surface area contributed by atoms with Crippen molar-refractivity contribution in [1.82, 2.24) is 19.8 Å². The van der Waals surface area contributed by atoms with E-state index in [9.17, 15) is 33.9 Å². The molecule has 4 aromatic rings. The quantitative estimate of drug-likeness (QED) is 0.0493. The van der Waals surface area contributed by atoms with Gasteiger partial charge in [-0.15, -0.1) is 0 Å². The molecule has 0 saturated carbocycles. The summed E-state index contributed by atoms with van der Waals surface area (Å²) in [6, 6.07) is 23.8. The van der Waals surface area contributed by atoms with Crippen molar-refractivity contribution in [3.8, 4) is 0 Å². The molecular weight excluding hydrogens is 880 g/mol. The molecule has 4 aliphatic rings. The number of anilines is 2. The Morgan fingerprint density at radius 3 is 1.49 bits per heavy atom. The molecule has 17 heteroatoms. The number of ether oxygens (including phenoxy) is 3. The Labute approximate surface area is 416 Å². The van der Waals surface area contributed by atoms with Gasteiger partial charge in [0.15, 0.2) is 6.10 Å². The SMILES string of the molecule is C=CCOC(=O)Nc1ccc(/C=C2/C(=O)N3C2CC(C)(C)[C@@H]3C(=O)OC(c2ccccc2)c2ccccc2)nc1.C=CCOC(=O)Nc1ccc(/C=C2/C(=O)N3C2CC(C)(C)[C@@H]3C(=O)[O-])nc1.[Na+]. The van der Waals surface area contributed by atoms with E-state index < -0.39 is 53.1 Å². The van der Waals surface area contributed by atoms with Crippen LogP contribution in [0.4, 0.5) is 21.0 Å². The summed E-state index contributed by atoms with van der Waals surface area (Å²) in [4.78, 5) is 85.7. The van der Waals surface area contributed by atoms with E-state index in [1.54, 1.807) is 41.3 Å². The van der Waals surface area contributed by atoms with E-state index in [1.165, 1.54) is 29.4 Å². The van der Waals surface area contributed by atoms with E-state index in [2.05, 4.69) is 33.8 Å². The van der Waals surface area contributed by atoms with Crippen molar-refractivity contribution < 1.29 is 77.6 Å². The van der Waals surface area contributed by atoms with Crippen LogP contribution in [0.25, 0.3) is 12.2 Å². The van der Waals surface area contributed by atoms with Gasteiger partial charge in [0.05, 0.1) is 59.3 Å². The maximum absolute atomic E-state index is 13.7. The summed E-state index contributed by atoms with van der Waals surface area (Å²) in [5.41, 5.74) is 3.85. The topological polar surface area (TPSA) is 209 Å². The molecule has 6 heterocycles. The zero-order valence-corrected chi connectivity index (χ0v) is 40.5. The third-order valence-electron chi connectivity index (χ3n) is 12.1. The van der Waals surface area contributed by atoms with Gasteiger partial charge in [-0.2, -0.15) is 0 Å². The number of fused-ring (bicyclic) bond motifs is 2. The number of carboxylic acids is 1. The molecule has 8 rings (SSSR count). The smallest absolute Gasteiger partial charge is 0.548 e. The van der Waals surface area contributed by atoms with Crippen LogP contribution >= 0.6 is 0 Å². The summed E-state index contributed by atoms with van der Waals surface area (Å²) in [6.45, 7) is 14.8. The minimum absolute atomic E-state index is 0. The van der Waals surface area contributed by atoms with Crippen LogP contribution in [0, 0.1) is 10.8 Å². The first-order valence-corrected chi connectivity index (χ1v) is 21.6. The molecule has 2 N–H and O–H groups in total. The molecule has 4 atom stereocenters. The van der Waals surface area contributed by atoms with Gasteiger partial charge < -0.3 is 33.9 Å². The minimum atomic E-state index is -1.23. The number of pyridine rings is 2. The Hall–Kier alpha value is -6.88. The first kappa shape index (κ1) is 50.5. The summed E-state index contributed by atoms with van der Waals surface area (Å²) < 4.78 is 15.9. The molecule has 2 aromatic carbocycles. The number of esters is 1. The number of nitrogens with zero attached hydrogens (tertiary/aromatic N) is 4. The van der Waals surface area contributed by atoms with Crippen LogP contribution < -0.4 is 45.3 Å². The number of carboxylic acid groups (broad SMARTS) is 1. The second-order valence-electron chi connectivity index (χ2n) is 17.8. The molecule has 0 aliphatic carbocycles. The molecule has 4 saturated heterocycles. The number of rotatable bonds is 13. The van der Waals surface area contributed by atoms with Crippen molar-refractivity contribution in [2.45, 2.75) is 70.8 Å². The van der Waals surface area contributed by atoms with Crippen molar-refractivity contribution >= 4 is 59.5 Å². The summed E-state index contributed by atoms with van der Waals surface area (Å²) >= 11 is 0. The van der Waals surface area contributed by atoms with E-state index >= 15 is 0 Å². The molecule has 68 heavy (non-hydrogen) atoms. The number of aliphatic carboxylic acids is 1. The van der Waals surface area contributed by atoms with Crippen LogP contribution in [-0.2, 0) is 33.4 Å². The number of amides is 4. The zero-order valence-electron chi connectivity index (χ0n) is 38.5. The largest absolute Gasteiger partial charge is 1.00 e. The molecule has 2 aromatic heterocycles. The fourth-order valence-electron chi connectivity index (χ4n) is 8.99. The van der Waals surface area contributed by atoms with E-state index in [0.29, 0.717) is 46.8 Å². The third-order valence-corrected chi connectivity index (χ3v) is 12.1. The number of β-lactam (4-membered cyclic amide) rings is 2. The normalized spacial score (nSPS) is 21.4. The van der Waals surface area contributed by atoms with E-state index in [0.717, 1.165) is 11.1 Å². The average Bonchev–Trinajstić information content (AvgIpc) is 3.73. The van der Waals surface area contributed by atoms with Crippen LogP contribution in [0.15, 0.2) is 134 Å². The Morgan fingerprint density at radius 1 is 0.691 bits per heavy atom. The monoisotopic (exact) mass is 930 g/mol. The van der Waals surface area contributed by atoms with Crippen molar-refractivity contribution in [2.24, 2.45) is 10.8 Å². The van der Waals surface area contributed by atoms with Gasteiger partial charge >= 0.3 is 47.7 Å². The van der Waals surface area contributed by atoms with Gasteiger partial charge in [-0.05, 0) is 71.2 Å². The molecule has 346 valence electrons. The fraction of sp³-hybridized carbons (Fsp3) is 0.294. The summed E-state index contributed by atoms with van der Waals surface area (Å²) in [5, 5.41) is 16.5. The standard InChI is InChI=1S/C32H31N3O5.C19H21N3O5.Na/c1-4-17-39-31(38)34-24-16-15-23(33-20-24)18-25-26-19-32(2,3)28(35(26)29(25)36)30(37)40-27(21-11-7-5-8-12-21)22-13-9-6-10-14-22;1-4-7-27-18(26)21-12-6-5-11(20-10-12)8-13-14-9-19(2,3)15(17(24)25)22(14)16(13)23;/h4-16,18,20,26-28H,1,17,19H2,2-3H3,(H,34,38);4-6,8,10,14-15H,1,7,9H2,2-3H3,(H,21,26)(H,24,25);/q;;+1/p-1/b25-18+;13-8+;/t26?,28-;14?,15-;/m00./s1. The second kappa shape index (κ2) is 21.4. The summed E-state index contributed by atoms with van der Waals surface area (Å²) in [7, 11) is 0. The molecule has 4 aliphatic heterocycles. The second-order valence-corrected chi connectivity index (χ2v) is 17.8. The van der Waals surface area contributed by atoms with Crippen molar-refractivity contribution in [2.75, 3.05) is 23.8 Å². The first-order chi connectivity index (χ1) is 32.0. The van der Waals surface area contributed by atoms with E-state index in [-0.39, 0.29) is 66.7 Å². The van der Waals surface area contributed by atoms with Crippen LogP contribution in [0.1, 0.15) is 69.2 Å². The first-order valence-electron chi connectivity index (χ1n) is 21.6. The molecular formula is C51H51N6NaO10. The third kappa shape index (κ3) is 10.9. The van der Waals surface area contributed by atoms with Crippen molar-refractivity contribution in [1.29, 1.82) is 0 Å². The molecule has 0 radical (unpaired) electrons. The predicted molar refractivity (Wildman–Crippen MR) is 246 cm³/mol. The van der Waals surface area contributed by atoms with E-state index in [4.69, 9.17) is 14.2 Å². The molecule has 4 amide bonds. The molecule has 0 spiro atoms. The van der Waals surface area contributed by atoms with Gasteiger partial charge in [-0.25, -0.2) is 14.4 Å². The summed E-state index contributed by atoms with van der Waals surface area (Å²) in [6.07, 6.45) is 8.65. The zero-order chi connectivity index (χ0) is 48.0. The van der Waals surface area contributed by atoms with Crippen LogP contribution in [-0.4, -0.2) is 93.1 Å². The molecule has 4 fully saturated rings. The number of hydrogen-bond acceptors (Lipinski definition) is 12. The van der Waals surface area contributed by atoms with Gasteiger partial charge in [0, 0.05) is 11.1 Å². The number of carbonyl (C=O) groups excluding carboxylic acids is 6. The average molecular weight is 931 g/mol. The van der Waals surface area contributed by atoms with Gasteiger partial charge in [-0.3, -0.25) is 30.2 Å². The molecule has 16 nitrogen and oxygen atoms in total. The van der Waals surface area contributed by atoms with Crippen LogP contribution in [0.5, 0.6) is 0 Å². The van der Waals surface area contributed by atoms with Gasteiger partial charge in [0.25, 0.3) is 11.8 Å². The number of carbonyl (C=O) groups is 6. The summed E-state index contributed by atoms with van der Waals surface area (Å²) in [5.74, 6) is -2.16. The number of hydrogen-bond donors (Lipinski definition) is 2. The maximum Gasteiger partial charge on any atom is 1.00 e. The number of aromatic nitrogens is 2. The van der Waals surface area contributed by atoms with Gasteiger partial charge in [0.2, 0.25) is 0 Å². The van der Waals surface area contributed by atoms with Crippen molar-refractivity contribution in [3.63, 3.8) is 0 Å². The Kier molecular flexibility index (Phi) is 15.9. The maximum atomic E-state index is 13.7.